The minimum atomic E-state index is -1.22. The van der Waals surface area contributed by atoms with Crippen LogP contribution < -0.4 is 5.32 Å². The van der Waals surface area contributed by atoms with Gasteiger partial charge < -0.3 is 20.4 Å². The number of aliphatic hydroxyl groups is 1. The molecule has 0 radical (unpaired) electrons. The first-order valence-electron chi connectivity index (χ1n) is 8.26. The molecule has 1 aliphatic carbocycles. The van der Waals surface area contributed by atoms with Crippen LogP contribution in [-0.4, -0.2) is 75.5 Å². The van der Waals surface area contributed by atoms with Gasteiger partial charge in [0, 0.05) is 19.5 Å². The summed E-state index contributed by atoms with van der Waals surface area (Å²) in [7, 11) is 0. The van der Waals surface area contributed by atoms with Crippen LogP contribution in [0.3, 0.4) is 0 Å². The molecule has 1 fully saturated rings. The van der Waals surface area contributed by atoms with Crippen molar-refractivity contribution in [1.29, 1.82) is 0 Å². The normalized spacial score (nSPS) is 16.9. The third-order valence-electron chi connectivity index (χ3n) is 4.44. The summed E-state index contributed by atoms with van der Waals surface area (Å²) in [5, 5.41) is 20.6. The summed E-state index contributed by atoms with van der Waals surface area (Å²) in [6.45, 7) is 0.0447. The number of hydrogen-bond donors (Lipinski definition) is 3. The van der Waals surface area contributed by atoms with E-state index >= 15 is 0 Å². The first-order chi connectivity index (χ1) is 12.0. The number of carbonyl (C=O) groups is 3. The van der Waals surface area contributed by atoms with E-state index in [0.717, 1.165) is 5.56 Å². The van der Waals surface area contributed by atoms with E-state index in [1.807, 2.05) is 12.1 Å². The predicted octanol–water partition coefficient (Wildman–Crippen LogP) is 0.661. The number of carboxylic acids is 1. The van der Waals surface area contributed by atoms with Crippen LogP contribution in [0.2, 0.25) is 0 Å². The number of hydrogen-bond acceptors (Lipinski definition) is 4. The Morgan fingerprint density at radius 3 is 2.42 bits per heavy atom. The van der Waals surface area contributed by atoms with Crippen molar-refractivity contribution in [1.82, 2.24) is 10.2 Å². The summed E-state index contributed by atoms with van der Waals surface area (Å²) in [4.78, 5) is 36.6. The monoisotopic (exact) mass is 368 g/mol. The average Bonchev–Trinajstić information content (AvgIpc) is 3.41. The number of benzene rings is 1. The van der Waals surface area contributed by atoms with E-state index in [1.54, 1.807) is 0 Å². The zero-order chi connectivity index (χ0) is 18.0. The molecule has 3 rings (SSSR count). The van der Waals surface area contributed by atoms with Gasteiger partial charge >= 0.3 is 35.5 Å². The number of aliphatic carboxylic acids is 1. The van der Waals surface area contributed by atoms with E-state index in [4.69, 9.17) is 5.11 Å². The van der Waals surface area contributed by atoms with Crippen molar-refractivity contribution in [3.05, 3.63) is 46.7 Å². The molecule has 2 aliphatic rings. The summed E-state index contributed by atoms with van der Waals surface area (Å²) < 4.78 is 0. The van der Waals surface area contributed by atoms with Crippen LogP contribution >= 0.6 is 0 Å². The van der Waals surface area contributed by atoms with Crippen LogP contribution in [0, 0.1) is 0 Å². The molecular weight excluding hydrogens is 347 g/mol. The van der Waals surface area contributed by atoms with Crippen molar-refractivity contribution in [2.24, 2.45) is 0 Å². The molecule has 1 saturated carbocycles. The number of nitrogens with one attached hydrogen (secondary N) is 1. The predicted molar refractivity (Wildman–Crippen MR) is 95.9 cm³/mol. The van der Waals surface area contributed by atoms with Gasteiger partial charge in [0.05, 0.1) is 0 Å². The molecule has 7 nitrogen and oxygen atoms in total. The van der Waals surface area contributed by atoms with Gasteiger partial charge in [-0.15, -0.1) is 0 Å². The van der Waals surface area contributed by atoms with E-state index in [1.165, 1.54) is 23.3 Å². The van der Waals surface area contributed by atoms with Gasteiger partial charge in [-0.1, -0.05) is 24.3 Å². The van der Waals surface area contributed by atoms with Crippen molar-refractivity contribution in [3.63, 3.8) is 0 Å². The fourth-order valence-electron chi connectivity index (χ4n) is 2.90. The number of carbonyl (C=O) groups excluding carboxylic acids is 2. The van der Waals surface area contributed by atoms with Crippen LogP contribution in [0.4, 0.5) is 0 Å². The molecule has 0 atom stereocenters. The summed E-state index contributed by atoms with van der Waals surface area (Å²) in [6, 6.07) is 8.08. The number of carboxylic acid groups (broad SMARTS) is 1. The Bertz CT molecular complexity index is 740. The summed E-state index contributed by atoms with van der Waals surface area (Å²) in [5.41, 5.74) is 1.88. The molecule has 1 heterocycles. The molecule has 8 heteroatoms. The molecule has 1 aliphatic heterocycles. The van der Waals surface area contributed by atoms with Gasteiger partial charge in [0.2, 0.25) is 0 Å². The van der Waals surface area contributed by atoms with Gasteiger partial charge in [-0.05, 0) is 29.9 Å². The van der Waals surface area contributed by atoms with Crippen LogP contribution in [0.1, 0.15) is 36.3 Å². The number of aliphatic hydroxyl groups excluding tert-OH is 1. The third-order valence-corrected chi connectivity index (χ3v) is 4.44. The van der Waals surface area contributed by atoms with Gasteiger partial charge in [0.25, 0.3) is 11.8 Å². The molecule has 2 amide bonds. The van der Waals surface area contributed by atoms with Crippen molar-refractivity contribution in [3.8, 4) is 0 Å². The van der Waals surface area contributed by atoms with Gasteiger partial charge in [-0.3, -0.25) is 14.4 Å². The molecule has 1 aromatic carbocycles. The van der Waals surface area contributed by atoms with Crippen molar-refractivity contribution in [2.45, 2.75) is 31.7 Å². The Labute approximate surface area is 173 Å². The Hall–Kier alpha value is -1.83. The van der Waals surface area contributed by atoms with Crippen LogP contribution in [0.25, 0.3) is 0 Å². The molecule has 0 spiro atoms. The second kappa shape index (κ2) is 8.70. The van der Waals surface area contributed by atoms with Crippen LogP contribution in [0.15, 0.2) is 35.6 Å². The molecule has 0 saturated heterocycles. The van der Waals surface area contributed by atoms with E-state index in [9.17, 15) is 19.5 Å². The topological polar surface area (TPSA) is 107 Å². The van der Waals surface area contributed by atoms with E-state index < -0.39 is 24.3 Å². The average molecular weight is 368 g/mol. The molecule has 0 bridgehead atoms. The molecular formula is C18H21N2NaO5. The Morgan fingerprint density at radius 2 is 1.85 bits per heavy atom. The van der Waals surface area contributed by atoms with E-state index in [0.29, 0.717) is 19.0 Å². The van der Waals surface area contributed by atoms with Gasteiger partial charge in [0.15, 0.2) is 0 Å². The molecule has 134 valence electrons. The SMILES string of the molecule is O=C(O)CNC(=O)C1=C(O)CCN(Cc2ccc(C3CC3)cc2)C1=O.[NaH]. The second-order valence-electron chi connectivity index (χ2n) is 6.39. The van der Waals surface area contributed by atoms with Crippen molar-refractivity contribution in [2.75, 3.05) is 13.1 Å². The van der Waals surface area contributed by atoms with Gasteiger partial charge in [-0.25, -0.2) is 0 Å². The molecule has 0 aromatic heterocycles. The first-order valence-corrected chi connectivity index (χ1v) is 8.26. The third kappa shape index (κ3) is 4.87. The Balaban J connectivity index is 0.00000243. The zero-order valence-electron chi connectivity index (χ0n) is 13.7. The first kappa shape index (κ1) is 20.5. The Morgan fingerprint density at radius 1 is 1.19 bits per heavy atom. The summed E-state index contributed by atoms with van der Waals surface area (Å²) >= 11 is 0. The number of amides is 2. The molecule has 3 N–H and O–H groups in total. The number of rotatable bonds is 6. The summed E-state index contributed by atoms with van der Waals surface area (Å²) in [6.07, 6.45) is 2.62. The zero-order valence-corrected chi connectivity index (χ0v) is 13.7. The maximum absolute atomic E-state index is 12.5. The molecule has 0 unspecified atom stereocenters. The van der Waals surface area contributed by atoms with Gasteiger partial charge in [0.1, 0.15) is 17.9 Å². The van der Waals surface area contributed by atoms with Crippen LogP contribution in [-0.2, 0) is 20.9 Å². The standard InChI is InChI=1S/C18H20N2O5.Na.H/c21-14-7-8-20(18(25)16(14)17(24)19-9-15(22)23)10-11-1-3-12(4-2-11)13-5-6-13;;/h1-4,13,21H,5-10H2,(H,19,24)(H,22,23);;. The van der Waals surface area contributed by atoms with Crippen LogP contribution in [0.5, 0.6) is 0 Å². The second-order valence-corrected chi connectivity index (χ2v) is 6.39. The fraction of sp³-hybridized carbons (Fsp3) is 0.389. The molecule has 1 aromatic rings. The van der Waals surface area contributed by atoms with Gasteiger partial charge in [-0.2, -0.15) is 0 Å². The maximum atomic E-state index is 12.5. The van der Waals surface area contributed by atoms with Crippen molar-refractivity contribution < 1.29 is 24.6 Å². The van der Waals surface area contributed by atoms with Crippen molar-refractivity contribution >= 4 is 47.3 Å². The Kier molecular flexibility index (Phi) is 6.86. The van der Waals surface area contributed by atoms with E-state index in [2.05, 4.69) is 17.4 Å². The summed E-state index contributed by atoms with van der Waals surface area (Å²) in [5.74, 6) is -2.30. The fourth-order valence-corrected chi connectivity index (χ4v) is 2.90. The quantitative estimate of drug-likeness (QED) is 0.505. The number of nitrogens with zero attached hydrogens (tertiary/aromatic N) is 1. The van der Waals surface area contributed by atoms with E-state index in [-0.39, 0.29) is 47.3 Å². The molecule has 26 heavy (non-hydrogen) atoms. The minimum absolute atomic E-state index is 0.